The van der Waals surface area contributed by atoms with E-state index in [0.717, 1.165) is 36.6 Å². The number of unbranched alkanes of at least 4 members (excludes halogenated alkanes) is 2. The molecule has 1 fully saturated rings. The van der Waals surface area contributed by atoms with E-state index < -0.39 is 29.4 Å². The van der Waals surface area contributed by atoms with Crippen LogP contribution in [0, 0.1) is 10.8 Å². The Hall–Kier alpha value is -3.64. The zero-order chi connectivity index (χ0) is 48.2. The Morgan fingerprint density at radius 2 is 1.50 bits per heavy atom. The monoisotopic (exact) mass is 932 g/mol. The highest BCUT2D eigenvalue weighted by Crippen LogP contribution is 2.31. The van der Waals surface area contributed by atoms with Gasteiger partial charge in [0.2, 0.25) is 35.9 Å². The molecule has 0 saturated carbocycles. The average molecular weight is 932 g/mol. The molecule has 5 atom stereocenters. The predicted molar refractivity (Wildman–Crippen MR) is 246 cm³/mol. The molecule has 22 heteroatoms. The number of likely N-dealkylation sites (N-methyl/N-ethyl adjacent to an activating group) is 1. The van der Waals surface area contributed by atoms with E-state index in [1.165, 1.54) is 7.05 Å². The second kappa shape index (κ2) is 31.3. The summed E-state index contributed by atoms with van der Waals surface area (Å²) in [5, 5.41) is 28.5. The van der Waals surface area contributed by atoms with Crippen LogP contribution in [0.15, 0.2) is 0 Å². The Kier molecular flexibility index (Phi) is 28.6. The average Bonchev–Trinajstić information content (AvgIpc) is 3.62. The number of hydrogen-bond acceptors (Lipinski definition) is 15. The largest absolute Gasteiger partial charge is 0.480 e. The number of nitrogens with zero attached hydrogens (tertiary/aromatic N) is 1. The van der Waals surface area contributed by atoms with Gasteiger partial charge in [0.1, 0.15) is 6.04 Å². The summed E-state index contributed by atoms with van der Waals surface area (Å²) >= 11 is 1.82. The molecular weight excluding hydrogens is 851 g/mol. The zero-order valence-electron chi connectivity index (χ0n) is 39.4. The van der Waals surface area contributed by atoms with E-state index in [0.29, 0.717) is 57.4 Å². The first-order chi connectivity index (χ1) is 30.1. The molecule has 0 aliphatic carbocycles. The van der Waals surface area contributed by atoms with Crippen LogP contribution in [0.25, 0.3) is 0 Å². The number of hydrazine groups is 2. The molecular formula is C42H81N11O10S. The number of amides is 6. The summed E-state index contributed by atoms with van der Waals surface area (Å²) in [6, 6.07) is -0.885. The molecule has 0 radical (unpaired) electrons. The van der Waals surface area contributed by atoms with E-state index in [-0.39, 0.29) is 98.7 Å². The highest BCUT2D eigenvalue weighted by molar-refractivity contribution is 8.00. The third kappa shape index (κ3) is 27.0. The van der Waals surface area contributed by atoms with Crippen molar-refractivity contribution in [1.82, 2.24) is 47.9 Å². The molecule has 1 saturated heterocycles. The van der Waals surface area contributed by atoms with E-state index in [1.54, 1.807) is 6.92 Å². The van der Waals surface area contributed by atoms with Crippen LogP contribution >= 0.6 is 11.8 Å². The van der Waals surface area contributed by atoms with Gasteiger partial charge in [-0.25, -0.2) is 16.1 Å². The van der Waals surface area contributed by atoms with Gasteiger partial charge in [-0.3, -0.25) is 39.0 Å². The maximum atomic E-state index is 13.2. The molecule has 5 unspecified atom stereocenters. The van der Waals surface area contributed by atoms with Crippen LogP contribution < -0.4 is 54.3 Å². The van der Waals surface area contributed by atoms with Crippen molar-refractivity contribution in [2.75, 3.05) is 65.8 Å². The van der Waals surface area contributed by atoms with Crippen LogP contribution in [-0.2, 0) is 43.1 Å². The van der Waals surface area contributed by atoms with Crippen LogP contribution in [0.1, 0.15) is 118 Å². The molecule has 0 spiro atoms. The van der Waals surface area contributed by atoms with Gasteiger partial charge in [-0.05, 0) is 65.5 Å². The molecule has 13 N–H and O–H groups in total. The number of aliphatic carboxylic acids is 1. The number of rotatable bonds is 37. The number of hydroxylamine groups is 1. The van der Waals surface area contributed by atoms with Crippen molar-refractivity contribution in [2.24, 2.45) is 22.4 Å². The highest BCUT2D eigenvalue weighted by atomic mass is 32.2. The molecule has 0 aromatic rings. The van der Waals surface area contributed by atoms with Gasteiger partial charge in [0.05, 0.1) is 25.9 Å². The summed E-state index contributed by atoms with van der Waals surface area (Å²) < 4.78 is 5.88. The minimum atomic E-state index is -1.21. The zero-order valence-corrected chi connectivity index (χ0v) is 40.2. The van der Waals surface area contributed by atoms with Gasteiger partial charge in [0, 0.05) is 92.2 Å². The number of hydrogen-bond donors (Lipinski definition) is 11. The van der Waals surface area contributed by atoms with Crippen LogP contribution in [0.5, 0.6) is 0 Å². The van der Waals surface area contributed by atoms with Gasteiger partial charge in [-0.15, -0.1) is 5.17 Å². The molecule has 6 amide bonds. The van der Waals surface area contributed by atoms with Gasteiger partial charge in [-0.1, -0.05) is 34.1 Å². The molecule has 21 nitrogen and oxygen atoms in total. The lowest BCUT2D eigenvalue weighted by Crippen LogP contribution is -2.49. The summed E-state index contributed by atoms with van der Waals surface area (Å²) in [6.07, 6.45) is 4.63. The summed E-state index contributed by atoms with van der Waals surface area (Å²) in [7, 11) is 3.41. The Morgan fingerprint density at radius 1 is 0.844 bits per heavy atom. The maximum Gasteiger partial charge on any atom is 0.326 e. The second-order valence-corrected chi connectivity index (χ2v) is 19.7. The Bertz CT molecular complexity index is 1440. The van der Waals surface area contributed by atoms with Crippen LogP contribution in [0.4, 0.5) is 0 Å². The number of nitrogens with two attached hydrogens (primary N) is 2. The fraction of sp³-hybridized carbons (Fsp3) is 0.833. The van der Waals surface area contributed by atoms with Crippen LogP contribution in [0.2, 0.25) is 0 Å². The quantitative estimate of drug-likeness (QED) is 0.0168. The lowest BCUT2D eigenvalue weighted by atomic mass is 9.89. The van der Waals surface area contributed by atoms with E-state index in [9.17, 15) is 38.7 Å². The lowest BCUT2D eigenvalue weighted by Gasteiger charge is -2.31. The minimum absolute atomic E-state index is 0.00215. The van der Waals surface area contributed by atoms with Crippen molar-refractivity contribution in [2.45, 2.75) is 147 Å². The normalized spacial score (nSPS) is 17.8. The standard InChI is InChI=1S/C42H81N11O10S/c1-40(2,25-43)27-62-28-41(3,4)26-47-34(56)17-19-42(5,20-18-37(59)52-49-22-23-63-53(7)44)51-36(58)16-15-35(57)50-30(39(60)61)12-10-11-21-46-33(55)14-9-8-13-32-38(45-6)31(24-64-32)48-29-54/h29-32,38,45,49H,8-28,43-44H2,1-7H3,(H,46,55)(H,47,56)(H,48,54)(H,50,57)(H,51,58)(H,52,59)(H,60,61). The van der Waals surface area contributed by atoms with Crippen molar-refractivity contribution < 1.29 is 48.2 Å². The van der Waals surface area contributed by atoms with Crippen molar-refractivity contribution in [1.29, 1.82) is 0 Å². The maximum absolute atomic E-state index is 13.2. The molecule has 0 bridgehead atoms. The summed E-state index contributed by atoms with van der Waals surface area (Å²) in [5.74, 6) is 3.25. The number of nitrogens with one attached hydrogen (secondary N) is 8. The van der Waals surface area contributed by atoms with E-state index in [1.807, 2.05) is 46.5 Å². The van der Waals surface area contributed by atoms with Crippen LogP contribution in [-0.4, -0.2) is 147 Å². The number of carboxylic acids is 1. The highest BCUT2D eigenvalue weighted by Gasteiger charge is 2.35. The Labute approximate surface area is 384 Å². The lowest BCUT2D eigenvalue weighted by molar-refractivity contribution is -0.142. The second-order valence-electron chi connectivity index (χ2n) is 18.4. The summed E-state index contributed by atoms with van der Waals surface area (Å²) in [4.78, 5) is 91.9. The number of carbonyl (C=O) groups excluding carboxylic acids is 6. The molecule has 1 rings (SSSR count). The van der Waals surface area contributed by atoms with E-state index in [4.69, 9.17) is 21.2 Å². The van der Waals surface area contributed by atoms with Gasteiger partial charge in [0.25, 0.3) is 0 Å². The molecule has 0 aromatic carbocycles. The van der Waals surface area contributed by atoms with Crippen molar-refractivity contribution in [3.05, 3.63) is 0 Å². The molecule has 1 aliphatic rings. The van der Waals surface area contributed by atoms with Gasteiger partial charge in [0.15, 0.2) is 0 Å². The van der Waals surface area contributed by atoms with Crippen LogP contribution in [0.3, 0.4) is 0 Å². The SMILES string of the molecule is CNC1C(NC=O)CSC1CCCCC(=O)NCCCCC(NC(=O)CCC(=O)NC(C)(CCC(=O)NCC(C)(C)COCC(C)(C)CN)CCC(=O)NNCCON(C)N)C(=O)O. The van der Waals surface area contributed by atoms with Crippen molar-refractivity contribution in [3.8, 4) is 0 Å². The van der Waals surface area contributed by atoms with E-state index in [2.05, 4.69) is 42.8 Å². The fourth-order valence-electron chi connectivity index (χ4n) is 6.79. The Morgan fingerprint density at radius 3 is 2.14 bits per heavy atom. The number of carboxylic acid groups (broad SMARTS) is 1. The third-order valence-corrected chi connectivity index (χ3v) is 12.3. The first kappa shape index (κ1) is 58.4. The number of ether oxygens (including phenoxy) is 1. The molecule has 0 aromatic heterocycles. The first-order valence-corrected chi connectivity index (χ1v) is 23.5. The molecule has 370 valence electrons. The van der Waals surface area contributed by atoms with E-state index >= 15 is 0 Å². The van der Waals surface area contributed by atoms with Gasteiger partial charge >= 0.3 is 5.97 Å². The van der Waals surface area contributed by atoms with Gasteiger partial charge in [-0.2, -0.15) is 11.8 Å². The molecule has 1 heterocycles. The minimum Gasteiger partial charge on any atom is -0.480 e. The smallest absolute Gasteiger partial charge is 0.326 e. The summed E-state index contributed by atoms with van der Waals surface area (Å²) in [6.45, 7) is 12.3. The predicted octanol–water partition coefficient (Wildman–Crippen LogP) is -0.0620. The number of carbonyl (C=O) groups is 7. The van der Waals surface area contributed by atoms with Crippen molar-refractivity contribution >= 4 is 53.7 Å². The topological polar surface area (TPSA) is 310 Å². The van der Waals surface area contributed by atoms with Crippen molar-refractivity contribution in [3.63, 3.8) is 0 Å². The molecule has 1 aliphatic heterocycles. The fourth-order valence-corrected chi connectivity index (χ4v) is 8.41. The molecule has 64 heavy (non-hydrogen) atoms. The Balaban J connectivity index is 2.59. The number of thioether (sulfide) groups is 1. The first-order valence-electron chi connectivity index (χ1n) is 22.4. The van der Waals surface area contributed by atoms with Gasteiger partial charge < -0.3 is 47.5 Å². The summed E-state index contributed by atoms with van der Waals surface area (Å²) in [5.41, 5.74) is 9.56. The third-order valence-electron chi connectivity index (χ3n) is 10.8.